The number of anilines is 1. The summed E-state index contributed by atoms with van der Waals surface area (Å²) in [5.41, 5.74) is 6.24. The molecule has 110 valence electrons. The Balaban J connectivity index is 2.31. The van der Waals surface area contributed by atoms with Crippen molar-refractivity contribution in [2.75, 3.05) is 5.32 Å². The second-order valence-electron chi connectivity index (χ2n) is 5.10. The van der Waals surface area contributed by atoms with Crippen LogP contribution in [0.5, 0.6) is 0 Å². The number of nitrogens with one attached hydrogen (secondary N) is 1. The number of benzene rings is 2. The minimum Gasteiger partial charge on any atom is -0.371 e. The average molecular weight is 286 g/mol. The molecule has 0 saturated carbocycles. The smallest absolute Gasteiger partial charge is 0.243 e. The zero-order chi connectivity index (χ0) is 15.3. The van der Waals surface area contributed by atoms with Crippen LogP contribution in [-0.4, -0.2) is 11.4 Å². The third-order valence-corrected chi connectivity index (χ3v) is 3.63. The molecule has 2 aromatic rings. The average Bonchev–Trinajstić information content (AvgIpc) is 2.47. The Morgan fingerprint density at radius 3 is 2.48 bits per heavy atom. The van der Waals surface area contributed by atoms with Crippen molar-refractivity contribution < 1.29 is 9.18 Å². The molecule has 0 saturated heterocycles. The zero-order valence-corrected chi connectivity index (χ0v) is 12.0. The monoisotopic (exact) mass is 286 g/mol. The van der Waals surface area contributed by atoms with Crippen LogP contribution in [0.4, 0.5) is 10.1 Å². The van der Waals surface area contributed by atoms with E-state index in [0.717, 1.165) is 5.56 Å². The van der Waals surface area contributed by atoms with Crippen molar-refractivity contribution in [1.82, 2.24) is 0 Å². The Kier molecular flexibility index (Phi) is 4.58. The molecule has 0 fully saturated rings. The van der Waals surface area contributed by atoms with Crippen LogP contribution in [0.2, 0.25) is 0 Å². The fourth-order valence-electron chi connectivity index (χ4n) is 2.37. The molecule has 0 radical (unpaired) electrons. The molecule has 0 aromatic heterocycles. The maximum Gasteiger partial charge on any atom is 0.243 e. The van der Waals surface area contributed by atoms with Crippen LogP contribution in [0, 0.1) is 5.82 Å². The molecular formula is C17H19FN2O. The van der Waals surface area contributed by atoms with E-state index in [4.69, 9.17) is 5.73 Å². The first-order valence-electron chi connectivity index (χ1n) is 6.93. The van der Waals surface area contributed by atoms with Crippen LogP contribution in [0.1, 0.15) is 18.9 Å². The van der Waals surface area contributed by atoms with E-state index in [0.29, 0.717) is 18.5 Å². The second kappa shape index (κ2) is 6.39. The number of hydrogen-bond acceptors (Lipinski definition) is 2. The standard InChI is InChI=1S/C17H19FN2O/c1-2-17(16(19)21,12-13-7-4-3-5-8-13)20-15-10-6-9-14(18)11-15/h3-11,20H,2,12H2,1H3,(H2,19,21). The Labute approximate surface area is 124 Å². The van der Waals surface area contributed by atoms with E-state index in [2.05, 4.69) is 5.32 Å². The van der Waals surface area contributed by atoms with E-state index in [1.165, 1.54) is 12.1 Å². The number of halogens is 1. The molecule has 0 heterocycles. The van der Waals surface area contributed by atoms with E-state index < -0.39 is 11.4 Å². The number of rotatable bonds is 6. The number of amides is 1. The van der Waals surface area contributed by atoms with Gasteiger partial charge in [0.15, 0.2) is 0 Å². The third kappa shape index (κ3) is 3.60. The fraction of sp³-hybridized carbons (Fsp3) is 0.235. The highest BCUT2D eigenvalue weighted by molar-refractivity contribution is 5.88. The molecular weight excluding hydrogens is 267 g/mol. The third-order valence-electron chi connectivity index (χ3n) is 3.63. The molecule has 4 heteroatoms. The van der Waals surface area contributed by atoms with Gasteiger partial charge < -0.3 is 11.1 Å². The molecule has 0 bridgehead atoms. The molecule has 21 heavy (non-hydrogen) atoms. The van der Waals surface area contributed by atoms with E-state index in [1.54, 1.807) is 12.1 Å². The van der Waals surface area contributed by atoms with Gasteiger partial charge in [0.1, 0.15) is 11.4 Å². The van der Waals surface area contributed by atoms with Crippen molar-refractivity contribution in [3.05, 3.63) is 66.0 Å². The zero-order valence-electron chi connectivity index (χ0n) is 12.0. The van der Waals surface area contributed by atoms with Crippen LogP contribution in [-0.2, 0) is 11.2 Å². The van der Waals surface area contributed by atoms with Gasteiger partial charge in [0.2, 0.25) is 5.91 Å². The number of hydrogen-bond donors (Lipinski definition) is 2. The Hall–Kier alpha value is -2.36. The summed E-state index contributed by atoms with van der Waals surface area (Å²) < 4.78 is 13.3. The molecule has 3 N–H and O–H groups in total. The van der Waals surface area contributed by atoms with Gasteiger partial charge in [-0.1, -0.05) is 43.3 Å². The Morgan fingerprint density at radius 1 is 1.19 bits per heavy atom. The van der Waals surface area contributed by atoms with Gasteiger partial charge in [0.05, 0.1) is 0 Å². The number of carbonyl (C=O) groups excluding carboxylic acids is 1. The van der Waals surface area contributed by atoms with E-state index in [9.17, 15) is 9.18 Å². The number of primary amides is 1. The van der Waals surface area contributed by atoms with E-state index >= 15 is 0 Å². The predicted octanol–water partition coefficient (Wildman–Crippen LogP) is 3.11. The summed E-state index contributed by atoms with van der Waals surface area (Å²) in [6, 6.07) is 15.7. The highest BCUT2D eigenvalue weighted by Gasteiger charge is 2.34. The number of carbonyl (C=O) groups is 1. The second-order valence-corrected chi connectivity index (χ2v) is 5.10. The largest absolute Gasteiger partial charge is 0.371 e. The maximum absolute atomic E-state index is 13.3. The van der Waals surface area contributed by atoms with Gasteiger partial charge in [0, 0.05) is 12.1 Å². The van der Waals surface area contributed by atoms with Crippen LogP contribution < -0.4 is 11.1 Å². The quantitative estimate of drug-likeness (QED) is 0.857. The molecule has 0 aliphatic heterocycles. The maximum atomic E-state index is 13.3. The van der Waals surface area contributed by atoms with E-state index in [-0.39, 0.29) is 5.82 Å². The van der Waals surface area contributed by atoms with Crippen LogP contribution >= 0.6 is 0 Å². The van der Waals surface area contributed by atoms with Crippen molar-refractivity contribution in [2.24, 2.45) is 5.73 Å². The van der Waals surface area contributed by atoms with Gasteiger partial charge in [-0.3, -0.25) is 4.79 Å². The molecule has 1 atom stereocenters. The molecule has 1 unspecified atom stereocenters. The minimum atomic E-state index is -0.935. The predicted molar refractivity (Wildman–Crippen MR) is 82.4 cm³/mol. The lowest BCUT2D eigenvalue weighted by Gasteiger charge is -2.32. The number of nitrogens with two attached hydrogens (primary N) is 1. The van der Waals surface area contributed by atoms with Gasteiger partial charge in [-0.2, -0.15) is 0 Å². The molecule has 0 aliphatic carbocycles. The van der Waals surface area contributed by atoms with Crippen molar-refractivity contribution in [3.63, 3.8) is 0 Å². The molecule has 2 aromatic carbocycles. The first-order chi connectivity index (χ1) is 10.1. The summed E-state index contributed by atoms with van der Waals surface area (Å²) in [6.45, 7) is 1.89. The van der Waals surface area contributed by atoms with Crippen LogP contribution in [0.25, 0.3) is 0 Å². The molecule has 3 nitrogen and oxygen atoms in total. The molecule has 0 spiro atoms. The highest BCUT2D eigenvalue weighted by Crippen LogP contribution is 2.24. The Morgan fingerprint density at radius 2 is 1.90 bits per heavy atom. The molecule has 2 rings (SSSR count). The van der Waals surface area contributed by atoms with Crippen LogP contribution in [0.15, 0.2) is 54.6 Å². The van der Waals surface area contributed by atoms with Crippen molar-refractivity contribution in [2.45, 2.75) is 25.3 Å². The first kappa shape index (κ1) is 15.0. The summed E-state index contributed by atoms with van der Waals surface area (Å²) in [6.07, 6.45) is 0.962. The van der Waals surface area contributed by atoms with Gasteiger partial charge >= 0.3 is 0 Å². The van der Waals surface area contributed by atoms with Crippen molar-refractivity contribution in [3.8, 4) is 0 Å². The summed E-state index contributed by atoms with van der Waals surface area (Å²) in [5.74, 6) is -0.799. The van der Waals surface area contributed by atoms with Crippen molar-refractivity contribution >= 4 is 11.6 Å². The summed E-state index contributed by atoms with van der Waals surface area (Å²) >= 11 is 0. The lowest BCUT2D eigenvalue weighted by Crippen LogP contribution is -2.51. The fourth-order valence-corrected chi connectivity index (χ4v) is 2.37. The lowest BCUT2D eigenvalue weighted by atomic mass is 9.87. The Bertz CT molecular complexity index is 615. The van der Waals surface area contributed by atoms with Gasteiger partial charge in [-0.15, -0.1) is 0 Å². The van der Waals surface area contributed by atoms with Gasteiger partial charge in [-0.05, 0) is 30.2 Å². The molecule has 0 aliphatic rings. The summed E-state index contributed by atoms with van der Waals surface area (Å²) in [5, 5.41) is 3.12. The van der Waals surface area contributed by atoms with Crippen molar-refractivity contribution in [1.29, 1.82) is 0 Å². The van der Waals surface area contributed by atoms with Crippen LogP contribution in [0.3, 0.4) is 0 Å². The topological polar surface area (TPSA) is 55.1 Å². The summed E-state index contributed by atoms with van der Waals surface area (Å²) in [4.78, 5) is 12.0. The summed E-state index contributed by atoms with van der Waals surface area (Å²) in [7, 11) is 0. The molecule has 1 amide bonds. The SMILES string of the molecule is CCC(Cc1ccccc1)(Nc1cccc(F)c1)C(N)=O. The van der Waals surface area contributed by atoms with Gasteiger partial charge in [0.25, 0.3) is 0 Å². The highest BCUT2D eigenvalue weighted by atomic mass is 19.1. The van der Waals surface area contributed by atoms with E-state index in [1.807, 2.05) is 37.3 Å². The minimum absolute atomic E-state index is 0.353. The normalized spacial score (nSPS) is 13.4. The lowest BCUT2D eigenvalue weighted by molar-refractivity contribution is -0.122. The first-order valence-corrected chi connectivity index (χ1v) is 6.93. The van der Waals surface area contributed by atoms with Gasteiger partial charge in [-0.25, -0.2) is 4.39 Å².